The molecule has 96 valence electrons. The Bertz CT molecular complexity index is 357. The molecule has 0 atom stereocenters. The van der Waals surface area contributed by atoms with E-state index in [1.54, 1.807) is 11.3 Å². The van der Waals surface area contributed by atoms with Crippen LogP contribution in [0.25, 0.3) is 0 Å². The third-order valence-electron chi connectivity index (χ3n) is 2.38. The molecule has 0 unspecified atom stereocenters. The number of thiazole rings is 1. The number of guanidine groups is 1. The molecule has 0 aromatic carbocycles. The van der Waals surface area contributed by atoms with Crippen LogP contribution in [-0.4, -0.2) is 17.5 Å². The lowest BCUT2D eigenvalue weighted by Gasteiger charge is -2.03. The first-order valence-electron chi connectivity index (χ1n) is 6.11. The molecule has 1 aromatic heterocycles. The van der Waals surface area contributed by atoms with Gasteiger partial charge in [0.05, 0.1) is 12.2 Å². The van der Waals surface area contributed by atoms with Gasteiger partial charge in [0.2, 0.25) is 0 Å². The van der Waals surface area contributed by atoms with E-state index in [4.69, 9.17) is 5.73 Å². The Kier molecular flexibility index (Phi) is 5.97. The van der Waals surface area contributed by atoms with Crippen LogP contribution in [0, 0.1) is 0 Å². The molecule has 0 aliphatic carbocycles. The fourth-order valence-electron chi connectivity index (χ4n) is 1.26. The van der Waals surface area contributed by atoms with Crippen LogP contribution in [-0.2, 0) is 6.54 Å². The number of rotatable bonds is 6. The number of aliphatic imine (C=N–C) groups is 1. The molecule has 5 heteroatoms. The fourth-order valence-corrected chi connectivity index (χ4v) is 2.14. The molecule has 0 fully saturated rings. The van der Waals surface area contributed by atoms with Gasteiger partial charge in [-0.25, -0.2) is 9.98 Å². The van der Waals surface area contributed by atoms with Crippen LogP contribution in [0.3, 0.4) is 0 Å². The van der Waals surface area contributed by atoms with Crippen LogP contribution in [0.15, 0.2) is 10.4 Å². The Labute approximate surface area is 107 Å². The third-order valence-corrected chi connectivity index (χ3v) is 3.23. The van der Waals surface area contributed by atoms with E-state index in [0.29, 0.717) is 18.4 Å². The molecular formula is C12H22N4S. The van der Waals surface area contributed by atoms with Gasteiger partial charge in [-0.3, -0.25) is 0 Å². The minimum absolute atomic E-state index is 0.476. The van der Waals surface area contributed by atoms with Crippen LogP contribution in [0.1, 0.15) is 50.2 Å². The van der Waals surface area contributed by atoms with Gasteiger partial charge in [0.25, 0.3) is 0 Å². The van der Waals surface area contributed by atoms with E-state index in [1.165, 1.54) is 0 Å². The zero-order valence-corrected chi connectivity index (χ0v) is 11.7. The second-order valence-electron chi connectivity index (χ2n) is 4.30. The highest BCUT2D eigenvalue weighted by molar-refractivity contribution is 7.09. The molecule has 1 rings (SSSR count). The Morgan fingerprint density at radius 1 is 1.59 bits per heavy atom. The Morgan fingerprint density at radius 2 is 2.35 bits per heavy atom. The van der Waals surface area contributed by atoms with Gasteiger partial charge in [-0.2, -0.15) is 0 Å². The van der Waals surface area contributed by atoms with E-state index in [0.717, 1.165) is 30.1 Å². The summed E-state index contributed by atoms with van der Waals surface area (Å²) in [4.78, 5) is 8.78. The quantitative estimate of drug-likeness (QED) is 0.466. The predicted molar refractivity (Wildman–Crippen MR) is 74.4 cm³/mol. The Morgan fingerprint density at radius 3 is 2.94 bits per heavy atom. The molecule has 0 bridgehead atoms. The molecule has 0 amide bonds. The number of aromatic nitrogens is 1. The van der Waals surface area contributed by atoms with Crippen molar-refractivity contribution in [2.45, 2.75) is 46.1 Å². The number of unbranched alkanes of at least 4 members (excludes halogenated alkanes) is 1. The summed E-state index contributed by atoms with van der Waals surface area (Å²) in [5, 5.41) is 6.20. The summed E-state index contributed by atoms with van der Waals surface area (Å²) >= 11 is 1.65. The van der Waals surface area contributed by atoms with Crippen LogP contribution in [0.2, 0.25) is 0 Å². The van der Waals surface area contributed by atoms with Gasteiger partial charge in [-0.05, 0) is 12.3 Å². The molecule has 17 heavy (non-hydrogen) atoms. The minimum Gasteiger partial charge on any atom is -0.370 e. The second-order valence-corrected chi connectivity index (χ2v) is 5.25. The van der Waals surface area contributed by atoms with E-state index >= 15 is 0 Å². The first-order valence-corrected chi connectivity index (χ1v) is 6.99. The van der Waals surface area contributed by atoms with Crippen LogP contribution < -0.4 is 11.1 Å². The van der Waals surface area contributed by atoms with Crippen molar-refractivity contribution in [3.63, 3.8) is 0 Å². The molecule has 0 saturated heterocycles. The normalized spacial score (nSPS) is 12.1. The molecule has 0 saturated carbocycles. The van der Waals surface area contributed by atoms with Gasteiger partial charge in [-0.15, -0.1) is 11.3 Å². The molecule has 1 heterocycles. The highest BCUT2D eigenvalue weighted by Gasteiger charge is 2.04. The van der Waals surface area contributed by atoms with E-state index in [2.05, 4.69) is 41.4 Å². The minimum atomic E-state index is 0.476. The van der Waals surface area contributed by atoms with Gasteiger partial charge in [-0.1, -0.05) is 27.2 Å². The van der Waals surface area contributed by atoms with Crippen molar-refractivity contribution >= 4 is 17.3 Å². The van der Waals surface area contributed by atoms with Crippen molar-refractivity contribution in [1.29, 1.82) is 0 Å². The van der Waals surface area contributed by atoms with E-state index in [-0.39, 0.29) is 0 Å². The van der Waals surface area contributed by atoms with Crippen molar-refractivity contribution in [2.24, 2.45) is 10.7 Å². The molecule has 0 aliphatic rings. The summed E-state index contributed by atoms with van der Waals surface area (Å²) in [7, 11) is 0. The molecule has 0 radical (unpaired) electrons. The molecule has 3 N–H and O–H groups in total. The van der Waals surface area contributed by atoms with E-state index in [9.17, 15) is 0 Å². The number of hydrogen-bond acceptors (Lipinski definition) is 3. The largest absolute Gasteiger partial charge is 0.370 e. The summed E-state index contributed by atoms with van der Waals surface area (Å²) in [5.74, 6) is 0.990. The van der Waals surface area contributed by atoms with E-state index in [1.807, 2.05) is 0 Å². The number of nitrogens with one attached hydrogen (secondary N) is 1. The number of nitrogens with two attached hydrogens (primary N) is 1. The zero-order chi connectivity index (χ0) is 12.7. The van der Waals surface area contributed by atoms with Crippen molar-refractivity contribution in [3.8, 4) is 0 Å². The van der Waals surface area contributed by atoms with Gasteiger partial charge < -0.3 is 11.1 Å². The highest BCUT2D eigenvalue weighted by atomic mass is 32.1. The average molecular weight is 254 g/mol. The van der Waals surface area contributed by atoms with Crippen molar-refractivity contribution in [1.82, 2.24) is 10.3 Å². The lowest BCUT2D eigenvalue weighted by atomic mass is 10.2. The molecule has 0 aliphatic heterocycles. The highest BCUT2D eigenvalue weighted by Crippen LogP contribution is 2.18. The smallest absolute Gasteiger partial charge is 0.189 e. The van der Waals surface area contributed by atoms with Crippen molar-refractivity contribution in [2.75, 3.05) is 6.54 Å². The maximum atomic E-state index is 5.74. The summed E-state index contributed by atoms with van der Waals surface area (Å²) in [6.45, 7) is 7.90. The van der Waals surface area contributed by atoms with Crippen LogP contribution in [0.5, 0.6) is 0 Å². The first-order chi connectivity index (χ1) is 8.13. The van der Waals surface area contributed by atoms with Gasteiger partial charge >= 0.3 is 0 Å². The maximum Gasteiger partial charge on any atom is 0.189 e. The first kappa shape index (κ1) is 14.0. The Balaban J connectivity index is 2.39. The second kappa shape index (κ2) is 7.27. The molecule has 1 aromatic rings. The third kappa shape index (κ3) is 5.17. The summed E-state index contributed by atoms with van der Waals surface area (Å²) in [6, 6.07) is 0. The lowest BCUT2D eigenvalue weighted by Crippen LogP contribution is -2.32. The predicted octanol–water partition coefficient (Wildman–Crippen LogP) is 2.47. The van der Waals surface area contributed by atoms with Crippen molar-refractivity contribution < 1.29 is 0 Å². The SMILES string of the molecule is CCCCNC(N)=NCc1nc(C(C)C)cs1. The fraction of sp³-hybridized carbons (Fsp3) is 0.667. The van der Waals surface area contributed by atoms with Crippen LogP contribution in [0.4, 0.5) is 0 Å². The molecule has 4 nitrogen and oxygen atoms in total. The standard InChI is InChI=1S/C12H22N4S/c1-4-5-6-14-12(13)15-7-11-16-10(8-17-11)9(2)3/h8-9H,4-7H2,1-3H3,(H3,13,14,15). The van der Waals surface area contributed by atoms with E-state index < -0.39 is 0 Å². The maximum absolute atomic E-state index is 5.74. The summed E-state index contributed by atoms with van der Waals surface area (Å²) in [6.07, 6.45) is 2.27. The zero-order valence-electron chi connectivity index (χ0n) is 10.9. The summed E-state index contributed by atoms with van der Waals surface area (Å²) < 4.78 is 0. The van der Waals surface area contributed by atoms with Gasteiger partial charge in [0, 0.05) is 11.9 Å². The Hall–Kier alpha value is -1.10. The van der Waals surface area contributed by atoms with Crippen LogP contribution >= 0.6 is 11.3 Å². The number of nitrogens with zero attached hydrogens (tertiary/aromatic N) is 2. The number of hydrogen-bond donors (Lipinski definition) is 2. The van der Waals surface area contributed by atoms with Gasteiger partial charge in [0.15, 0.2) is 5.96 Å². The lowest BCUT2D eigenvalue weighted by molar-refractivity contribution is 0.747. The topological polar surface area (TPSA) is 63.3 Å². The molecule has 0 spiro atoms. The molecular weight excluding hydrogens is 232 g/mol. The average Bonchev–Trinajstić information content (AvgIpc) is 2.75. The van der Waals surface area contributed by atoms with Crippen molar-refractivity contribution in [3.05, 3.63) is 16.1 Å². The summed E-state index contributed by atoms with van der Waals surface area (Å²) in [5.41, 5.74) is 6.88. The monoisotopic (exact) mass is 254 g/mol. The van der Waals surface area contributed by atoms with Gasteiger partial charge in [0.1, 0.15) is 5.01 Å².